The lowest BCUT2D eigenvalue weighted by atomic mass is 10.1. The monoisotopic (exact) mass is 310 g/mol. The summed E-state index contributed by atoms with van der Waals surface area (Å²) in [4.78, 5) is 4.28. The van der Waals surface area contributed by atoms with Gasteiger partial charge in [0, 0.05) is 12.3 Å². The van der Waals surface area contributed by atoms with Crippen molar-refractivity contribution in [3.63, 3.8) is 0 Å². The summed E-state index contributed by atoms with van der Waals surface area (Å²) in [6, 6.07) is 3.70. The second kappa shape index (κ2) is 7.38. The average molecular weight is 311 g/mol. The van der Waals surface area contributed by atoms with Gasteiger partial charge in [0.2, 0.25) is 5.88 Å². The summed E-state index contributed by atoms with van der Waals surface area (Å²) in [7, 11) is -1.75. The Balaban J connectivity index is 2.58. The van der Waals surface area contributed by atoms with Crippen LogP contribution in [0.3, 0.4) is 0 Å². The summed E-state index contributed by atoms with van der Waals surface area (Å²) in [6.07, 6.45) is 2.76. The van der Waals surface area contributed by atoms with Crippen LogP contribution in [0.2, 0.25) is 18.1 Å². The Bertz CT molecular complexity index is 427. The van der Waals surface area contributed by atoms with E-state index in [4.69, 9.17) is 14.9 Å². The Morgan fingerprint density at radius 3 is 2.43 bits per heavy atom. The van der Waals surface area contributed by atoms with Crippen molar-refractivity contribution < 1.29 is 9.16 Å². The molecule has 1 atom stereocenters. The van der Waals surface area contributed by atoms with Gasteiger partial charge in [-0.25, -0.2) is 4.98 Å². The third kappa shape index (κ3) is 5.41. The van der Waals surface area contributed by atoms with E-state index in [9.17, 15) is 0 Å². The quantitative estimate of drug-likeness (QED) is 0.776. The molecule has 0 spiro atoms. The average Bonchev–Trinajstić information content (AvgIpc) is 2.42. The number of rotatable bonds is 7. The van der Waals surface area contributed by atoms with Crippen LogP contribution in [0, 0.1) is 0 Å². The first kappa shape index (κ1) is 18.1. The molecule has 0 fully saturated rings. The van der Waals surface area contributed by atoms with Crippen molar-refractivity contribution in [1.82, 2.24) is 4.98 Å². The Labute approximate surface area is 130 Å². The summed E-state index contributed by atoms with van der Waals surface area (Å²) >= 11 is 0. The largest absolute Gasteiger partial charge is 0.478 e. The first-order valence-electron chi connectivity index (χ1n) is 7.65. The number of hydrogen-bond acceptors (Lipinski definition) is 4. The second-order valence-electron chi connectivity index (χ2n) is 6.96. The van der Waals surface area contributed by atoms with E-state index in [-0.39, 0.29) is 11.1 Å². The maximum Gasteiger partial charge on any atom is 0.213 e. The zero-order valence-corrected chi connectivity index (χ0v) is 15.3. The van der Waals surface area contributed by atoms with Crippen LogP contribution >= 0.6 is 0 Å². The number of pyridine rings is 1. The SMILES string of the molecule is CCCOc1ccc([C@@H](N)CO[Si](C)(C)C(C)(C)C)cn1. The minimum absolute atomic E-state index is 0.146. The van der Waals surface area contributed by atoms with Crippen LogP contribution in [0.5, 0.6) is 5.88 Å². The molecule has 0 amide bonds. The fourth-order valence-electron chi connectivity index (χ4n) is 1.51. The molecule has 2 N–H and O–H groups in total. The molecule has 0 radical (unpaired) electrons. The van der Waals surface area contributed by atoms with Crippen LogP contribution < -0.4 is 10.5 Å². The van der Waals surface area contributed by atoms with Crippen LogP contribution in [0.4, 0.5) is 0 Å². The van der Waals surface area contributed by atoms with Crippen molar-refractivity contribution in [1.29, 1.82) is 0 Å². The van der Waals surface area contributed by atoms with Crippen molar-refractivity contribution in [2.75, 3.05) is 13.2 Å². The van der Waals surface area contributed by atoms with E-state index in [1.54, 1.807) is 6.20 Å². The molecule has 0 saturated carbocycles. The molecule has 0 bridgehead atoms. The third-order valence-electron chi connectivity index (χ3n) is 4.07. The van der Waals surface area contributed by atoms with Crippen LogP contribution in [0.15, 0.2) is 18.3 Å². The minimum Gasteiger partial charge on any atom is -0.478 e. The summed E-state index contributed by atoms with van der Waals surface area (Å²) in [6.45, 7) is 14.5. The van der Waals surface area contributed by atoms with Crippen LogP contribution in [0.25, 0.3) is 0 Å². The zero-order chi connectivity index (χ0) is 16.1. The number of hydrogen-bond donors (Lipinski definition) is 1. The van der Waals surface area contributed by atoms with Gasteiger partial charge in [0.05, 0.1) is 19.3 Å². The van der Waals surface area contributed by atoms with Crippen molar-refractivity contribution in [2.24, 2.45) is 5.73 Å². The van der Waals surface area contributed by atoms with Gasteiger partial charge in [-0.1, -0.05) is 33.8 Å². The highest BCUT2D eigenvalue weighted by atomic mass is 28.4. The van der Waals surface area contributed by atoms with Gasteiger partial charge in [0.15, 0.2) is 8.32 Å². The molecule has 0 unspecified atom stereocenters. The summed E-state index contributed by atoms with van der Waals surface area (Å²) in [5.74, 6) is 0.651. The number of aromatic nitrogens is 1. The minimum atomic E-state index is -1.75. The molecule has 5 heteroatoms. The van der Waals surface area contributed by atoms with E-state index in [1.807, 2.05) is 12.1 Å². The molecular weight excluding hydrogens is 280 g/mol. The molecule has 1 aromatic heterocycles. The van der Waals surface area contributed by atoms with Crippen molar-refractivity contribution >= 4 is 8.32 Å². The van der Waals surface area contributed by atoms with Gasteiger partial charge in [-0.2, -0.15) is 0 Å². The predicted molar refractivity (Wildman–Crippen MR) is 90.1 cm³/mol. The highest BCUT2D eigenvalue weighted by molar-refractivity contribution is 6.74. The van der Waals surface area contributed by atoms with E-state index in [1.165, 1.54) is 0 Å². The normalized spacial score (nSPS) is 14.0. The fraction of sp³-hybridized carbons (Fsp3) is 0.688. The van der Waals surface area contributed by atoms with E-state index >= 15 is 0 Å². The number of nitrogens with two attached hydrogens (primary N) is 1. The Hall–Kier alpha value is -0.913. The summed E-state index contributed by atoms with van der Waals surface area (Å²) in [5, 5.41) is 0.197. The highest BCUT2D eigenvalue weighted by Crippen LogP contribution is 2.36. The van der Waals surface area contributed by atoms with Crippen LogP contribution in [0.1, 0.15) is 45.7 Å². The van der Waals surface area contributed by atoms with Gasteiger partial charge in [-0.05, 0) is 30.1 Å². The summed E-state index contributed by atoms with van der Waals surface area (Å²) < 4.78 is 11.6. The van der Waals surface area contributed by atoms with E-state index in [0.29, 0.717) is 19.1 Å². The molecule has 0 saturated heterocycles. The van der Waals surface area contributed by atoms with Gasteiger partial charge in [-0.3, -0.25) is 0 Å². The molecule has 21 heavy (non-hydrogen) atoms. The topological polar surface area (TPSA) is 57.4 Å². The third-order valence-corrected chi connectivity index (χ3v) is 8.57. The number of ether oxygens (including phenoxy) is 1. The van der Waals surface area contributed by atoms with Crippen LogP contribution in [-0.2, 0) is 4.43 Å². The van der Waals surface area contributed by atoms with E-state index in [0.717, 1.165) is 12.0 Å². The Morgan fingerprint density at radius 1 is 1.29 bits per heavy atom. The van der Waals surface area contributed by atoms with Crippen molar-refractivity contribution in [2.45, 2.75) is 58.3 Å². The zero-order valence-electron chi connectivity index (χ0n) is 14.3. The van der Waals surface area contributed by atoms with E-state index < -0.39 is 8.32 Å². The first-order chi connectivity index (χ1) is 9.67. The van der Waals surface area contributed by atoms with Crippen molar-refractivity contribution in [3.8, 4) is 5.88 Å². The van der Waals surface area contributed by atoms with Gasteiger partial charge in [0.1, 0.15) is 0 Å². The van der Waals surface area contributed by atoms with Gasteiger partial charge < -0.3 is 14.9 Å². The maximum atomic E-state index is 6.21. The standard InChI is InChI=1S/C16H30N2O2Si/c1-7-10-19-15-9-8-13(11-18-15)14(17)12-20-21(5,6)16(2,3)4/h8-9,11,14H,7,10,12,17H2,1-6H3/t14-/m0/s1. The number of nitrogens with zero attached hydrogens (tertiary/aromatic N) is 1. The highest BCUT2D eigenvalue weighted by Gasteiger charge is 2.37. The van der Waals surface area contributed by atoms with Crippen LogP contribution in [-0.4, -0.2) is 26.5 Å². The molecule has 0 aromatic carbocycles. The fourth-order valence-corrected chi connectivity index (χ4v) is 2.54. The van der Waals surface area contributed by atoms with Crippen molar-refractivity contribution in [3.05, 3.63) is 23.9 Å². The molecule has 4 nitrogen and oxygen atoms in total. The predicted octanol–water partition coefficient (Wildman–Crippen LogP) is 3.89. The molecule has 1 rings (SSSR count). The Kier molecular flexibility index (Phi) is 6.37. The van der Waals surface area contributed by atoms with Gasteiger partial charge in [0.25, 0.3) is 0 Å². The molecule has 0 aliphatic rings. The lowest BCUT2D eigenvalue weighted by Gasteiger charge is -2.36. The maximum absolute atomic E-state index is 6.21. The molecule has 0 aliphatic carbocycles. The lowest BCUT2D eigenvalue weighted by molar-refractivity contribution is 0.264. The first-order valence-corrected chi connectivity index (χ1v) is 10.6. The Morgan fingerprint density at radius 2 is 1.95 bits per heavy atom. The molecule has 1 heterocycles. The summed E-state index contributed by atoms with van der Waals surface area (Å²) in [5.41, 5.74) is 7.20. The molecular formula is C16H30N2O2Si. The van der Waals surface area contributed by atoms with Gasteiger partial charge >= 0.3 is 0 Å². The molecule has 120 valence electrons. The lowest BCUT2D eigenvalue weighted by Crippen LogP contribution is -2.42. The second-order valence-corrected chi connectivity index (χ2v) is 11.8. The molecule has 1 aromatic rings. The van der Waals surface area contributed by atoms with Gasteiger partial charge in [-0.15, -0.1) is 0 Å². The van der Waals surface area contributed by atoms with E-state index in [2.05, 4.69) is 45.8 Å². The smallest absolute Gasteiger partial charge is 0.213 e. The molecule has 0 aliphatic heterocycles.